The minimum absolute atomic E-state index is 0.287. The highest BCUT2D eigenvalue weighted by atomic mass is 16.3. The highest BCUT2D eigenvalue weighted by molar-refractivity contribution is 5.81. The van der Waals surface area contributed by atoms with Crippen molar-refractivity contribution < 1.29 is 9.90 Å². The van der Waals surface area contributed by atoms with E-state index in [0.29, 0.717) is 12.1 Å². The van der Waals surface area contributed by atoms with Crippen molar-refractivity contribution in [3.63, 3.8) is 0 Å². The molecule has 0 saturated carbocycles. The summed E-state index contributed by atoms with van der Waals surface area (Å²) in [5.41, 5.74) is 1.74. The third-order valence-electron chi connectivity index (χ3n) is 3.21. The number of benzene rings is 1. The zero-order valence-electron chi connectivity index (χ0n) is 11.4. The Morgan fingerprint density at radius 3 is 2.50 bits per heavy atom. The van der Waals surface area contributed by atoms with Gasteiger partial charge in [-0.3, -0.25) is 9.78 Å². The fourth-order valence-electron chi connectivity index (χ4n) is 1.94. The lowest BCUT2D eigenvalue weighted by atomic mass is 10.1. The van der Waals surface area contributed by atoms with Gasteiger partial charge in [0, 0.05) is 26.0 Å². The number of carbonyl (C=O) groups excluding carboxylic acids is 1. The van der Waals surface area contributed by atoms with Gasteiger partial charge >= 0.3 is 0 Å². The molecule has 0 spiro atoms. The van der Waals surface area contributed by atoms with Crippen LogP contribution in [0.25, 0.3) is 0 Å². The van der Waals surface area contributed by atoms with Gasteiger partial charge < -0.3 is 10.0 Å². The Morgan fingerprint density at radius 2 is 1.85 bits per heavy atom. The van der Waals surface area contributed by atoms with Crippen molar-refractivity contribution in [2.24, 2.45) is 0 Å². The molecule has 0 saturated heterocycles. The third-order valence-corrected chi connectivity index (χ3v) is 3.21. The van der Waals surface area contributed by atoms with E-state index in [1.165, 1.54) is 0 Å². The molecule has 0 aliphatic carbocycles. The van der Waals surface area contributed by atoms with Crippen molar-refractivity contribution in [2.75, 3.05) is 13.6 Å². The van der Waals surface area contributed by atoms with Crippen LogP contribution >= 0.6 is 0 Å². The van der Waals surface area contributed by atoms with Crippen molar-refractivity contribution in [1.29, 1.82) is 0 Å². The van der Waals surface area contributed by atoms with Crippen LogP contribution in [0.5, 0.6) is 0 Å². The zero-order chi connectivity index (χ0) is 14.4. The molecular formula is C16H18N2O2. The van der Waals surface area contributed by atoms with Crippen molar-refractivity contribution in [3.8, 4) is 0 Å². The van der Waals surface area contributed by atoms with E-state index in [1.807, 2.05) is 30.3 Å². The number of pyridine rings is 1. The molecule has 1 heterocycles. The summed E-state index contributed by atoms with van der Waals surface area (Å²) in [6, 6.07) is 12.8. The van der Waals surface area contributed by atoms with E-state index in [0.717, 1.165) is 12.0 Å². The van der Waals surface area contributed by atoms with Gasteiger partial charge in [0.15, 0.2) is 6.10 Å². The van der Waals surface area contributed by atoms with Crippen molar-refractivity contribution in [1.82, 2.24) is 9.88 Å². The van der Waals surface area contributed by atoms with Gasteiger partial charge in [0.05, 0.1) is 0 Å². The largest absolute Gasteiger partial charge is 0.378 e. The van der Waals surface area contributed by atoms with Crippen LogP contribution in [-0.4, -0.2) is 34.5 Å². The molecule has 1 amide bonds. The molecule has 0 fully saturated rings. The van der Waals surface area contributed by atoms with Gasteiger partial charge in [0.25, 0.3) is 5.91 Å². The number of carbonyl (C=O) groups is 1. The standard InChI is InChI=1S/C16H18N2O2/c1-18(12-9-13-7-10-17-11-8-13)16(20)15(19)14-5-3-2-4-6-14/h2-8,10-11,15,19H,9,12H2,1H3. The molecule has 4 nitrogen and oxygen atoms in total. The molecule has 2 rings (SSSR count). The van der Waals surface area contributed by atoms with Crippen LogP contribution in [0.15, 0.2) is 54.9 Å². The van der Waals surface area contributed by atoms with Gasteiger partial charge in [0.1, 0.15) is 0 Å². The van der Waals surface area contributed by atoms with Crippen molar-refractivity contribution in [3.05, 3.63) is 66.0 Å². The first-order chi connectivity index (χ1) is 9.68. The molecule has 2 aromatic rings. The first-order valence-electron chi connectivity index (χ1n) is 6.55. The monoisotopic (exact) mass is 270 g/mol. The first-order valence-corrected chi connectivity index (χ1v) is 6.55. The van der Waals surface area contributed by atoms with E-state index < -0.39 is 6.10 Å². The van der Waals surface area contributed by atoms with Gasteiger partial charge in [-0.25, -0.2) is 0 Å². The number of rotatable bonds is 5. The van der Waals surface area contributed by atoms with Gasteiger partial charge in [-0.1, -0.05) is 30.3 Å². The summed E-state index contributed by atoms with van der Waals surface area (Å²) in [7, 11) is 1.70. The number of aliphatic hydroxyl groups excluding tert-OH is 1. The minimum Gasteiger partial charge on any atom is -0.378 e. The van der Waals surface area contributed by atoms with E-state index in [2.05, 4.69) is 4.98 Å². The normalized spacial score (nSPS) is 11.9. The maximum Gasteiger partial charge on any atom is 0.255 e. The molecule has 0 aliphatic heterocycles. The van der Waals surface area contributed by atoms with E-state index in [4.69, 9.17) is 0 Å². The summed E-state index contributed by atoms with van der Waals surface area (Å²) in [4.78, 5) is 17.6. The summed E-state index contributed by atoms with van der Waals surface area (Å²) < 4.78 is 0. The van der Waals surface area contributed by atoms with Crippen LogP contribution in [0, 0.1) is 0 Å². The molecule has 0 bridgehead atoms. The van der Waals surface area contributed by atoms with Gasteiger partial charge in [0.2, 0.25) is 0 Å². The Bertz CT molecular complexity index is 543. The number of likely N-dealkylation sites (N-methyl/N-ethyl adjacent to an activating group) is 1. The number of hydrogen-bond donors (Lipinski definition) is 1. The Kier molecular flexibility index (Phi) is 4.85. The number of amides is 1. The molecule has 1 N–H and O–H groups in total. The second kappa shape index (κ2) is 6.82. The third kappa shape index (κ3) is 3.65. The lowest BCUT2D eigenvalue weighted by Crippen LogP contribution is -2.33. The predicted octanol–water partition coefficient (Wildman–Crippen LogP) is 1.82. The second-order valence-electron chi connectivity index (χ2n) is 4.68. The van der Waals surface area contributed by atoms with Gasteiger partial charge in [-0.2, -0.15) is 0 Å². The molecule has 0 aliphatic rings. The van der Waals surface area contributed by atoms with Crippen LogP contribution in [0.3, 0.4) is 0 Å². The number of aliphatic hydroxyl groups is 1. The molecule has 1 atom stereocenters. The highest BCUT2D eigenvalue weighted by Crippen LogP contribution is 2.14. The zero-order valence-corrected chi connectivity index (χ0v) is 11.4. The van der Waals surface area contributed by atoms with Crippen LogP contribution in [0.4, 0.5) is 0 Å². The minimum atomic E-state index is -1.10. The lowest BCUT2D eigenvalue weighted by molar-refractivity contribution is -0.139. The van der Waals surface area contributed by atoms with E-state index in [9.17, 15) is 9.90 Å². The van der Waals surface area contributed by atoms with Crippen molar-refractivity contribution >= 4 is 5.91 Å². The molecule has 1 unspecified atom stereocenters. The molecule has 0 radical (unpaired) electrons. The molecule has 1 aromatic carbocycles. The predicted molar refractivity (Wildman–Crippen MR) is 77.0 cm³/mol. The Labute approximate surface area is 118 Å². The maximum atomic E-state index is 12.1. The van der Waals surface area contributed by atoms with Crippen LogP contribution in [0.2, 0.25) is 0 Å². The van der Waals surface area contributed by atoms with E-state index in [-0.39, 0.29) is 5.91 Å². The summed E-state index contributed by atoms with van der Waals surface area (Å²) in [5.74, 6) is -0.287. The average molecular weight is 270 g/mol. The van der Waals surface area contributed by atoms with E-state index in [1.54, 1.807) is 36.5 Å². The van der Waals surface area contributed by atoms with Gasteiger partial charge in [-0.05, 0) is 29.7 Å². The topological polar surface area (TPSA) is 53.4 Å². The fourth-order valence-corrected chi connectivity index (χ4v) is 1.94. The maximum absolute atomic E-state index is 12.1. The first kappa shape index (κ1) is 14.2. The summed E-state index contributed by atoms with van der Waals surface area (Å²) in [5, 5.41) is 10.1. The van der Waals surface area contributed by atoms with E-state index >= 15 is 0 Å². The molecular weight excluding hydrogens is 252 g/mol. The number of nitrogens with zero attached hydrogens (tertiary/aromatic N) is 2. The van der Waals surface area contributed by atoms with Crippen LogP contribution in [0.1, 0.15) is 17.2 Å². The molecule has 20 heavy (non-hydrogen) atoms. The molecule has 1 aromatic heterocycles. The molecule has 4 heteroatoms. The Hall–Kier alpha value is -2.20. The van der Waals surface area contributed by atoms with Crippen LogP contribution < -0.4 is 0 Å². The number of hydrogen-bond acceptors (Lipinski definition) is 3. The molecule has 104 valence electrons. The highest BCUT2D eigenvalue weighted by Gasteiger charge is 2.20. The fraction of sp³-hybridized carbons (Fsp3) is 0.250. The Balaban J connectivity index is 1.92. The summed E-state index contributed by atoms with van der Waals surface area (Å²) in [6.45, 7) is 0.562. The SMILES string of the molecule is CN(CCc1ccncc1)C(=O)C(O)c1ccccc1. The average Bonchev–Trinajstić information content (AvgIpc) is 2.53. The quantitative estimate of drug-likeness (QED) is 0.901. The van der Waals surface area contributed by atoms with Crippen molar-refractivity contribution in [2.45, 2.75) is 12.5 Å². The van der Waals surface area contributed by atoms with Gasteiger partial charge in [-0.15, -0.1) is 0 Å². The summed E-state index contributed by atoms with van der Waals surface area (Å²) in [6.07, 6.45) is 3.11. The second-order valence-corrected chi connectivity index (χ2v) is 4.68. The summed E-state index contributed by atoms with van der Waals surface area (Å²) >= 11 is 0. The van der Waals surface area contributed by atoms with Crippen LogP contribution in [-0.2, 0) is 11.2 Å². The lowest BCUT2D eigenvalue weighted by Gasteiger charge is -2.20. The Morgan fingerprint density at radius 1 is 1.20 bits per heavy atom. The smallest absolute Gasteiger partial charge is 0.255 e. The number of aromatic nitrogens is 1.